The molecule has 0 radical (unpaired) electrons. The van der Waals surface area contributed by atoms with Crippen molar-refractivity contribution >= 4 is 33.5 Å². The Bertz CT molecular complexity index is 1680. The molecular formula is C38H36N4O2. The van der Waals surface area contributed by atoms with Gasteiger partial charge in [0, 0.05) is 37.6 Å². The molecule has 6 nitrogen and oxygen atoms in total. The SMILES string of the molecule is Oc1c(NCc2ccccc2)cc(NCc2ccccc2)c2c(O)c(NCc3ccccc3)cc(NCc3ccccc3)c12. The summed E-state index contributed by atoms with van der Waals surface area (Å²) in [5.41, 5.74) is 6.96. The Hall–Kier alpha value is -5.62. The number of anilines is 4. The zero-order valence-corrected chi connectivity index (χ0v) is 24.4. The molecule has 0 aliphatic rings. The van der Waals surface area contributed by atoms with E-state index in [0.717, 1.165) is 22.3 Å². The average Bonchev–Trinajstić information content (AvgIpc) is 3.08. The standard InChI is InChI=1S/C38H36N4O2/c43-37-34(42-26-30-19-11-4-12-20-30)22-32(40-24-28-15-7-2-8-16-28)36-35(37)31(39-23-27-13-5-1-6-14-27)21-33(38(36)44)41-25-29-17-9-3-10-18-29/h1-22,39-44H,23-26H2. The smallest absolute Gasteiger partial charge is 0.148 e. The van der Waals surface area contributed by atoms with E-state index in [0.29, 0.717) is 59.7 Å². The van der Waals surface area contributed by atoms with Crippen LogP contribution in [0.4, 0.5) is 22.7 Å². The van der Waals surface area contributed by atoms with Gasteiger partial charge in [0.15, 0.2) is 0 Å². The average molecular weight is 581 g/mol. The van der Waals surface area contributed by atoms with Gasteiger partial charge in [-0.15, -0.1) is 0 Å². The van der Waals surface area contributed by atoms with Gasteiger partial charge in [-0.3, -0.25) is 0 Å². The van der Waals surface area contributed by atoms with Crippen molar-refractivity contribution < 1.29 is 10.2 Å². The van der Waals surface area contributed by atoms with E-state index in [2.05, 4.69) is 45.5 Å². The molecule has 6 heteroatoms. The predicted molar refractivity (Wildman–Crippen MR) is 182 cm³/mol. The molecular weight excluding hydrogens is 544 g/mol. The van der Waals surface area contributed by atoms with Crippen LogP contribution in [0.1, 0.15) is 22.3 Å². The summed E-state index contributed by atoms with van der Waals surface area (Å²) in [4.78, 5) is 0. The molecule has 0 aliphatic carbocycles. The number of rotatable bonds is 12. The largest absolute Gasteiger partial charge is 0.505 e. The predicted octanol–water partition coefficient (Wildman–Crippen LogP) is 8.70. The third kappa shape index (κ3) is 6.71. The number of aromatic hydroxyl groups is 2. The first-order valence-corrected chi connectivity index (χ1v) is 14.8. The molecule has 0 bridgehead atoms. The maximum Gasteiger partial charge on any atom is 0.148 e. The van der Waals surface area contributed by atoms with Crippen LogP contribution in [-0.2, 0) is 26.2 Å². The Morgan fingerprint density at radius 3 is 0.864 bits per heavy atom. The maximum absolute atomic E-state index is 11.8. The molecule has 0 aromatic heterocycles. The van der Waals surface area contributed by atoms with E-state index in [-0.39, 0.29) is 11.5 Å². The van der Waals surface area contributed by atoms with Gasteiger partial charge < -0.3 is 31.5 Å². The molecule has 6 aromatic rings. The Balaban J connectivity index is 1.45. The first kappa shape index (κ1) is 28.5. The summed E-state index contributed by atoms with van der Waals surface area (Å²) in [7, 11) is 0. The number of hydrogen-bond donors (Lipinski definition) is 6. The van der Waals surface area contributed by atoms with Gasteiger partial charge in [0.25, 0.3) is 0 Å². The van der Waals surface area contributed by atoms with Gasteiger partial charge in [-0.2, -0.15) is 0 Å². The van der Waals surface area contributed by atoms with Crippen molar-refractivity contribution in [2.75, 3.05) is 21.3 Å². The minimum absolute atomic E-state index is 0.0710. The fraction of sp³-hybridized carbons (Fsp3) is 0.105. The van der Waals surface area contributed by atoms with E-state index in [9.17, 15) is 10.2 Å². The van der Waals surface area contributed by atoms with Crippen molar-refractivity contribution in [1.82, 2.24) is 0 Å². The minimum Gasteiger partial charge on any atom is -0.505 e. The molecule has 0 saturated heterocycles. The van der Waals surface area contributed by atoms with Gasteiger partial charge in [-0.25, -0.2) is 0 Å². The lowest BCUT2D eigenvalue weighted by Gasteiger charge is -2.22. The van der Waals surface area contributed by atoms with Gasteiger partial charge in [0.1, 0.15) is 11.5 Å². The second-order valence-electron chi connectivity index (χ2n) is 10.7. The van der Waals surface area contributed by atoms with E-state index in [1.54, 1.807) is 0 Å². The van der Waals surface area contributed by atoms with Gasteiger partial charge in [-0.1, -0.05) is 121 Å². The molecule has 0 fully saturated rings. The van der Waals surface area contributed by atoms with Crippen LogP contribution in [0.2, 0.25) is 0 Å². The summed E-state index contributed by atoms with van der Waals surface area (Å²) in [6, 6.07) is 44.2. The number of phenolic OH excluding ortho intramolecular Hbond substituents is 2. The second-order valence-corrected chi connectivity index (χ2v) is 10.7. The van der Waals surface area contributed by atoms with Crippen molar-refractivity contribution in [1.29, 1.82) is 0 Å². The number of nitrogens with one attached hydrogen (secondary N) is 4. The van der Waals surface area contributed by atoms with Crippen LogP contribution < -0.4 is 21.3 Å². The molecule has 6 rings (SSSR count). The van der Waals surface area contributed by atoms with Crippen LogP contribution in [0.15, 0.2) is 133 Å². The lowest BCUT2D eigenvalue weighted by atomic mass is 10.0. The zero-order valence-electron chi connectivity index (χ0n) is 24.4. The van der Waals surface area contributed by atoms with Gasteiger partial charge in [0.05, 0.1) is 22.1 Å². The Morgan fingerprint density at radius 2 is 0.591 bits per heavy atom. The highest BCUT2D eigenvalue weighted by molar-refractivity contribution is 6.13. The zero-order chi connectivity index (χ0) is 30.1. The maximum atomic E-state index is 11.8. The van der Waals surface area contributed by atoms with Crippen LogP contribution >= 0.6 is 0 Å². The van der Waals surface area contributed by atoms with E-state index < -0.39 is 0 Å². The Morgan fingerprint density at radius 1 is 0.341 bits per heavy atom. The molecule has 220 valence electrons. The highest BCUT2D eigenvalue weighted by Gasteiger charge is 2.21. The molecule has 0 spiro atoms. The summed E-state index contributed by atoms with van der Waals surface area (Å²) < 4.78 is 0. The van der Waals surface area contributed by atoms with Crippen LogP contribution in [0, 0.1) is 0 Å². The number of hydrogen-bond acceptors (Lipinski definition) is 6. The van der Waals surface area contributed by atoms with Crippen molar-refractivity contribution in [3.05, 3.63) is 156 Å². The number of phenols is 2. The topological polar surface area (TPSA) is 88.6 Å². The van der Waals surface area contributed by atoms with E-state index >= 15 is 0 Å². The number of fused-ring (bicyclic) bond motifs is 1. The summed E-state index contributed by atoms with van der Waals surface area (Å²) >= 11 is 0. The molecule has 0 atom stereocenters. The second kappa shape index (κ2) is 13.6. The van der Waals surface area contributed by atoms with Crippen LogP contribution in [0.3, 0.4) is 0 Å². The molecule has 0 heterocycles. The highest BCUT2D eigenvalue weighted by Crippen LogP contribution is 2.49. The monoisotopic (exact) mass is 580 g/mol. The van der Waals surface area contributed by atoms with Crippen molar-refractivity contribution in [3.8, 4) is 11.5 Å². The quantitative estimate of drug-likeness (QED) is 0.0641. The van der Waals surface area contributed by atoms with Crippen molar-refractivity contribution in [2.45, 2.75) is 26.2 Å². The van der Waals surface area contributed by atoms with Gasteiger partial charge in [0.2, 0.25) is 0 Å². The first-order valence-electron chi connectivity index (χ1n) is 14.8. The summed E-state index contributed by atoms with van der Waals surface area (Å²) in [5.74, 6) is 0.142. The molecule has 0 amide bonds. The van der Waals surface area contributed by atoms with Crippen LogP contribution in [0.5, 0.6) is 11.5 Å². The van der Waals surface area contributed by atoms with Crippen LogP contribution in [0.25, 0.3) is 10.8 Å². The fourth-order valence-corrected chi connectivity index (χ4v) is 5.32. The van der Waals surface area contributed by atoms with Crippen LogP contribution in [-0.4, -0.2) is 10.2 Å². The first-order chi connectivity index (χ1) is 21.7. The lowest BCUT2D eigenvalue weighted by Crippen LogP contribution is -2.07. The summed E-state index contributed by atoms with van der Waals surface area (Å²) in [5, 5.41) is 38.6. The third-order valence-electron chi connectivity index (χ3n) is 7.65. The molecule has 0 unspecified atom stereocenters. The summed E-state index contributed by atoms with van der Waals surface area (Å²) in [6.07, 6.45) is 0. The van der Waals surface area contributed by atoms with Crippen molar-refractivity contribution in [3.63, 3.8) is 0 Å². The van der Waals surface area contributed by atoms with E-state index in [1.807, 2.05) is 109 Å². The fourth-order valence-electron chi connectivity index (χ4n) is 5.32. The molecule has 6 N–H and O–H groups in total. The summed E-state index contributed by atoms with van der Waals surface area (Å²) in [6.45, 7) is 2.17. The molecule has 0 aliphatic heterocycles. The Labute approximate surface area is 258 Å². The third-order valence-corrected chi connectivity index (χ3v) is 7.65. The van der Waals surface area contributed by atoms with E-state index in [1.165, 1.54) is 0 Å². The van der Waals surface area contributed by atoms with Gasteiger partial charge >= 0.3 is 0 Å². The lowest BCUT2D eigenvalue weighted by molar-refractivity contribution is 0.478. The molecule has 6 aromatic carbocycles. The minimum atomic E-state index is 0.0710. The molecule has 44 heavy (non-hydrogen) atoms. The van der Waals surface area contributed by atoms with E-state index in [4.69, 9.17) is 0 Å². The Kier molecular flexibility index (Phi) is 8.79. The van der Waals surface area contributed by atoms with Gasteiger partial charge in [-0.05, 0) is 34.4 Å². The number of benzene rings is 6. The highest BCUT2D eigenvalue weighted by atomic mass is 16.3. The van der Waals surface area contributed by atoms with Crippen molar-refractivity contribution in [2.24, 2.45) is 0 Å². The molecule has 0 saturated carbocycles. The normalized spacial score (nSPS) is 10.8.